The summed E-state index contributed by atoms with van der Waals surface area (Å²) in [6.07, 6.45) is 0.861. The minimum absolute atomic E-state index is 0.258. The Morgan fingerprint density at radius 2 is 2.30 bits per heavy atom. The summed E-state index contributed by atoms with van der Waals surface area (Å²) >= 11 is 0. The quantitative estimate of drug-likeness (QED) is 0.843. The molecule has 3 rings (SSSR count). The van der Waals surface area contributed by atoms with E-state index in [9.17, 15) is 0 Å². The molecule has 7 heteroatoms. The van der Waals surface area contributed by atoms with Gasteiger partial charge in [0, 0.05) is 12.3 Å². The van der Waals surface area contributed by atoms with E-state index in [1.807, 2.05) is 18.2 Å². The van der Waals surface area contributed by atoms with Gasteiger partial charge in [-0.3, -0.25) is 0 Å². The second-order valence-electron chi connectivity index (χ2n) is 5.14. The Morgan fingerprint density at radius 1 is 1.45 bits per heavy atom. The van der Waals surface area contributed by atoms with Crippen molar-refractivity contribution in [1.29, 1.82) is 0 Å². The summed E-state index contributed by atoms with van der Waals surface area (Å²) in [7, 11) is 1.60. The Hall–Kier alpha value is -2.15. The number of aromatic nitrogens is 4. The van der Waals surface area contributed by atoms with Crippen LogP contribution in [0.5, 0.6) is 5.75 Å². The highest BCUT2D eigenvalue weighted by molar-refractivity contribution is 5.77. The number of nitrogens with two attached hydrogens (primary N) is 1. The SMILES string of the molecule is COc1cccc(N)c1-c1nnnn1C1(C)CCOC1. The summed E-state index contributed by atoms with van der Waals surface area (Å²) in [6.45, 7) is 3.36. The molecule has 2 heterocycles. The second kappa shape index (κ2) is 4.75. The van der Waals surface area contributed by atoms with Crippen LogP contribution in [-0.4, -0.2) is 40.5 Å². The fourth-order valence-electron chi connectivity index (χ4n) is 2.49. The highest BCUT2D eigenvalue weighted by Crippen LogP contribution is 2.37. The number of hydrogen-bond donors (Lipinski definition) is 1. The van der Waals surface area contributed by atoms with E-state index in [-0.39, 0.29) is 5.54 Å². The van der Waals surface area contributed by atoms with E-state index in [1.54, 1.807) is 11.8 Å². The molecule has 1 unspecified atom stereocenters. The minimum atomic E-state index is -0.258. The van der Waals surface area contributed by atoms with Crippen LogP contribution in [0.3, 0.4) is 0 Å². The summed E-state index contributed by atoms with van der Waals surface area (Å²) in [4.78, 5) is 0. The Labute approximate surface area is 116 Å². The maximum absolute atomic E-state index is 6.08. The van der Waals surface area contributed by atoms with Gasteiger partial charge < -0.3 is 15.2 Å². The zero-order chi connectivity index (χ0) is 14.2. The standard InChI is InChI=1S/C13H17N5O2/c1-13(6-7-20-8-13)18-12(15-16-17-18)11-9(14)4-3-5-10(11)19-2/h3-5H,6-8,14H2,1-2H3. The molecule has 0 spiro atoms. The van der Waals surface area contributed by atoms with Gasteiger partial charge in [-0.05, 0) is 35.9 Å². The van der Waals surface area contributed by atoms with Crippen molar-refractivity contribution in [3.63, 3.8) is 0 Å². The van der Waals surface area contributed by atoms with Gasteiger partial charge in [0.25, 0.3) is 0 Å². The third-order valence-electron chi connectivity index (χ3n) is 3.68. The van der Waals surface area contributed by atoms with Crippen molar-refractivity contribution in [1.82, 2.24) is 20.2 Å². The van der Waals surface area contributed by atoms with Crippen LogP contribution in [0.25, 0.3) is 11.4 Å². The molecule has 2 aromatic rings. The van der Waals surface area contributed by atoms with Crippen LogP contribution >= 0.6 is 0 Å². The smallest absolute Gasteiger partial charge is 0.188 e. The molecule has 20 heavy (non-hydrogen) atoms. The molecule has 0 amide bonds. The first-order valence-electron chi connectivity index (χ1n) is 6.45. The van der Waals surface area contributed by atoms with Crippen LogP contribution in [-0.2, 0) is 10.3 Å². The molecule has 0 aliphatic carbocycles. The zero-order valence-electron chi connectivity index (χ0n) is 11.5. The third-order valence-corrected chi connectivity index (χ3v) is 3.68. The first kappa shape index (κ1) is 12.9. The van der Waals surface area contributed by atoms with E-state index in [2.05, 4.69) is 22.4 Å². The largest absolute Gasteiger partial charge is 0.496 e. The summed E-state index contributed by atoms with van der Waals surface area (Å²) in [5.41, 5.74) is 7.12. The van der Waals surface area contributed by atoms with Crippen LogP contribution in [0.15, 0.2) is 18.2 Å². The number of nitrogens with zero attached hydrogens (tertiary/aromatic N) is 4. The van der Waals surface area contributed by atoms with Gasteiger partial charge in [-0.2, -0.15) is 0 Å². The lowest BCUT2D eigenvalue weighted by Gasteiger charge is -2.23. The van der Waals surface area contributed by atoms with Crippen LogP contribution in [0.1, 0.15) is 13.3 Å². The van der Waals surface area contributed by atoms with Gasteiger partial charge in [0.1, 0.15) is 5.75 Å². The van der Waals surface area contributed by atoms with Crippen molar-refractivity contribution in [2.75, 3.05) is 26.1 Å². The van der Waals surface area contributed by atoms with E-state index in [1.165, 1.54) is 0 Å². The fourth-order valence-corrected chi connectivity index (χ4v) is 2.49. The first-order chi connectivity index (χ1) is 9.65. The zero-order valence-corrected chi connectivity index (χ0v) is 11.5. The molecule has 1 aromatic heterocycles. The number of ether oxygens (including phenoxy) is 2. The molecule has 2 N–H and O–H groups in total. The maximum Gasteiger partial charge on any atom is 0.188 e. The number of hydrogen-bond acceptors (Lipinski definition) is 6. The molecule has 7 nitrogen and oxygen atoms in total. The highest BCUT2D eigenvalue weighted by Gasteiger charge is 2.36. The molecule has 0 radical (unpaired) electrons. The van der Waals surface area contributed by atoms with Gasteiger partial charge in [0.05, 0.1) is 24.8 Å². The number of tetrazole rings is 1. The van der Waals surface area contributed by atoms with Crippen molar-refractivity contribution in [3.8, 4) is 17.1 Å². The summed E-state index contributed by atoms with van der Waals surface area (Å²) in [6, 6.07) is 5.49. The predicted octanol–water partition coefficient (Wildman–Crippen LogP) is 1.07. The van der Waals surface area contributed by atoms with Gasteiger partial charge in [0.2, 0.25) is 0 Å². The molecule has 0 bridgehead atoms. The van der Waals surface area contributed by atoms with Gasteiger partial charge in [0.15, 0.2) is 5.82 Å². The number of benzene rings is 1. The molecule has 0 saturated carbocycles. The summed E-state index contributed by atoms with van der Waals surface area (Å²) in [5.74, 6) is 1.26. The molecule has 106 valence electrons. The monoisotopic (exact) mass is 275 g/mol. The molecule has 1 aromatic carbocycles. The van der Waals surface area contributed by atoms with E-state index < -0.39 is 0 Å². The highest BCUT2D eigenvalue weighted by atomic mass is 16.5. The first-order valence-corrected chi connectivity index (χ1v) is 6.45. The van der Waals surface area contributed by atoms with E-state index in [4.69, 9.17) is 15.2 Å². The normalized spacial score (nSPS) is 22.1. The number of rotatable bonds is 3. The van der Waals surface area contributed by atoms with Crippen molar-refractivity contribution < 1.29 is 9.47 Å². The molecule has 1 saturated heterocycles. The second-order valence-corrected chi connectivity index (χ2v) is 5.14. The molecule has 1 fully saturated rings. The van der Waals surface area contributed by atoms with Gasteiger partial charge in [-0.15, -0.1) is 5.10 Å². The van der Waals surface area contributed by atoms with Crippen LogP contribution in [0.4, 0.5) is 5.69 Å². The summed E-state index contributed by atoms with van der Waals surface area (Å²) < 4.78 is 12.6. The van der Waals surface area contributed by atoms with Crippen molar-refractivity contribution >= 4 is 5.69 Å². The van der Waals surface area contributed by atoms with Gasteiger partial charge in [-0.1, -0.05) is 6.07 Å². The Morgan fingerprint density at radius 3 is 3.00 bits per heavy atom. The molecule has 1 aliphatic rings. The predicted molar refractivity (Wildman–Crippen MR) is 73.3 cm³/mol. The van der Waals surface area contributed by atoms with Crippen molar-refractivity contribution in [2.45, 2.75) is 18.9 Å². The fraction of sp³-hybridized carbons (Fsp3) is 0.462. The Bertz CT molecular complexity index is 619. The lowest BCUT2D eigenvalue weighted by Crippen LogP contribution is -2.32. The Kier molecular flexibility index (Phi) is 3.06. The minimum Gasteiger partial charge on any atom is -0.496 e. The molecule has 1 atom stereocenters. The van der Waals surface area contributed by atoms with E-state index in [0.29, 0.717) is 36.0 Å². The summed E-state index contributed by atoms with van der Waals surface area (Å²) in [5, 5.41) is 12.1. The number of nitrogen functional groups attached to an aromatic ring is 1. The third kappa shape index (κ3) is 1.90. The van der Waals surface area contributed by atoms with Crippen molar-refractivity contribution in [2.24, 2.45) is 0 Å². The van der Waals surface area contributed by atoms with Crippen LogP contribution in [0, 0.1) is 0 Å². The number of methoxy groups -OCH3 is 1. The number of anilines is 1. The molecule has 1 aliphatic heterocycles. The van der Waals surface area contributed by atoms with E-state index >= 15 is 0 Å². The lowest BCUT2D eigenvalue weighted by molar-refractivity contribution is 0.155. The maximum atomic E-state index is 6.08. The van der Waals surface area contributed by atoms with Crippen LogP contribution < -0.4 is 10.5 Å². The Balaban J connectivity index is 2.15. The van der Waals surface area contributed by atoms with Gasteiger partial charge >= 0.3 is 0 Å². The molecular formula is C13H17N5O2. The average molecular weight is 275 g/mol. The van der Waals surface area contributed by atoms with Gasteiger partial charge in [-0.25, -0.2) is 4.68 Å². The topological polar surface area (TPSA) is 88.1 Å². The molecular weight excluding hydrogens is 258 g/mol. The van der Waals surface area contributed by atoms with E-state index in [0.717, 1.165) is 6.42 Å². The van der Waals surface area contributed by atoms with Crippen molar-refractivity contribution in [3.05, 3.63) is 18.2 Å². The average Bonchev–Trinajstić information content (AvgIpc) is 3.08. The lowest BCUT2D eigenvalue weighted by atomic mass is 10.0. The van der Waals surface area contributed by atoms with Crippen LogP contribution in [0.2, 0.25) is 0 Å².